The Kier molecular flexibility index (Phi) is 4.13. The number of guanidine groups is 1. The van der Waals surface area contributed by atoms with E-state index in [4.69, 9.17) is 16.2 Å². The van der Waals surface area contributed by atoms with Gasteiger partial charge in [-0.25, -0.2) is 9.79 Å². The number of nitrogens with one attached hydrogen (secondary N) is 1. The fourth-order valence-electron chi connectivity index (χ4n) is 2.61. The molecule has 0 spiro atoms. The fourth-order valence-corrected chi connectivity index (χ4v) is 2.61. The molecule has 2 aliphatic heterocycles. The molecular weight excluding hydrogens is 270 g/mol. The standard InChI is InChI=1S/C14H25N5O2/c1-13(2,3)21-12(20)19-8-4-5-10(9-19)14(16)6-7-17-11(15)18-14/h6-7,10H,4-5,8-9,16H2,1-3H3,(H3,15,17,18). The molecule has 0 aromatic carbocycles. The van der Waals surface area contributed by atoms with Crippen molar-refractivity contribution < 1.29 is 9.53 Å². The van der Waals surface area contributed by atoms with E-state index in [-0.39, 0.29) is 12.0 Å². The number of carbonyl (C=O) groups is 1. The molecule has 5 N–H and O–H groups in total. The summed E-state index contributed by atoms with van der Waals surface area (Å²) in [6.45, 7) is 6.78. The van der Waals surface area contributed by atoms with Crippen molar-refractivity contribution in [2.45, 2.75) is 44.9 Å². The van der Waals surface area contributed by atoms with Gasteiger partial charge >= 0.3 is 6.09 Å². The second kappa shape index (κ2) is 5.55. The Morgan fingerprint density at radius 3 is 2.90 bits per heavy atom. The molecule has 7 nitrogen and oxygen atoms in total. The molecule has 0 aliphatic carbocycles. The zero-order valence-electron chi connectivity index (χ0n) is 12.9. The van der Waals surface area contributed by atoms with Gasteiger partial charge in [0.1, 0.15) is 11.3 Å². The lowest BCUT2D eigenvalue weighted by atomic mass is 9.85. The van der Waals surface area contributed by atoms with Crippen molar-refractivity contribution in [1.29, 1.82) is 0 Å². The molecule has 7 heteroatoms. The highest BCUT2D eigenvalue weighted by molar-refractivity contribution is 5.80. The lowest BCUT2D eigenvalue weighted by molar-refractivity contribution is 0.0134. The number of ether oxygens (including phenoxy) is 1. The largest absolute Gasteiger partial charge is 0.444 e. The maximum atomic E-state index is 12.2. The number of nitrogens with two attached hydrogens (primary N) is 2. The molecule has 0 aromatic heterocycles. The molecule has 0 aromatic rings. The first-order valence-electron chi connectivity index (χ1n) is 7.26. The Morgan fingerprint density at radius 2 is 2.29 bits per heavy atom. The average Bonchev–Trinajstić information content (AvgIpc) is 2.36. The molecule has 0 radical (unpaired) electrons. The summed E-state index contributed by atoms with van der Waals surface area (Å²) in [5.74, 6) is 0.324. The minimum absolute atomic E-state index is 0.0238. The van der Waals surface area contributed by atoms with E-state index in [2.05, 4.69) is 10.3 Å². The third kappa shape index (κ3) is 3.87. The maximum absolute atomic E-state index is 12.2. The Hall–Kier alpha value is -1.76. The predicted molar refractivity (Wildman–Crippen MR) is 81.3 cm³/mol. The topological polar surface area (TPSA) is 106 Å². The molecule has 2 heterocycles. The Morgan fingerprint density at radius 1 is 1.57 bits per heavy atom. The number of aliphatic imine (C=N–C) groups is 1. The number of likely N-dealkylation sites (tertiary alicyclic amines) is 1. The van der Waals surface area contributed by atoms with Crippen LogP contribution in [0.1, 0.15) is 33.6 Å². The van der Waals surface area contributed by atoms with Gasteiger partial charge in [0.05, 0.1) is 0 Å². The molecule has 2 rings (SSSR count). The summed E-state index contributed by atoms with van der Waals surface area (Å²) in [4.78, 5) is 18.2. The van der Waals surface area contributed by atoms with Gasteiger partial charge in [-0.05, 0) is 39.7 Å². The van der Waals surface area contributed by atoms with E-state index >= 15 is 0 Å². The summed E-state index contributed by atoms with van der Waals surface area (Å²) in [6.07, 6.45) is 4.98. The molecule has 0 saturated carbocycles. The zero-order chi connectivity index (χ0) is 15.7. The van der Waals surface area contributed by atoms with Crippen LogP contribution in [-0.4, -0.2) is 41.3 Å². The van der Waals surface area contributed by atoms with Crippen LogP contribution < -0.4 is 16.8 Å². The van der Waals surface area contributed by atoms with E-state index in [0.29, 0.717) is 19.0 Å². The second-order valence-electron chi connectivity index (χ2n) is 6.63. The van der Waals surface area contributed by atoms with Crippen LogP contribution in [0.25, 0.3) is 0 Å². The van der Waals surface area contributed by atoms with Crippen molar-refractivity contribution in [2.24, 2.45) is 22.4 Å². The van der Waals surface area contributed by atoms with Crippen molar-refractivity contribution in [3.8, 4) is 0 Å². The number of nitrogens with zero attached hydrogens (tertiary/aromatic N) is 2. The van der Waals surface area contributed by atoms with Crippen molar-refractivity contribution in [3.05, 3.63) is 12.3 Å². The Bertz CT molecular complexity index is 468. The van der Waals surface area contributed by atoms with Gasteiger partial charge in [0.25, 0.3) is 0 Å². The summed E-state index contributed by atoms with van der Waals surface area (Å²) in [6, 6.07) is 0. The van der Waals surface area contributed by atoms with Crippen LogP contribution in [-0.2, 0) is 4.74 Å². The Labute approximate surface area is 125 Å². The van der Waals surface area contributed by atoms with Crippen molar-refractivity contribution in [3.63, 3.8) is 0 Å². The smallest absolute Gasteiger partial charge is 0.410 e. The third-order valence-corrected chi connectivity index (χ3v) is 3.62. The first-order chi connectivity index (χ1) is 9.70. The van der Waals surface area contributed by atoms with Crippen molar-refractivity contribution in [1.82, 2.24) is 10.2 Å². The van der Waals surface area contributed by atoms with Crippen LogP contribution >= 0.6 is 0 Å². The van der Waals surface area contributed by atoms with Gasteiger partial charge < -0.3 is 26.4 Å². The number of hydrogen-bond acceptors (Lipinski definition) is 6. The molecule has 21 heavy (non-hydrogen) atoms. The summed E-state index contributed by atoms with van der Waals surface area (Å²) < 4.78 is 5.42. The number of hydrogen-bond donors (Lipinski definition) is 3. The van der Waals surface area contributed by atoms with Gasteiger partial charge in [-0.3, -0.25) is 0 Å². The summed E-state index contributed by atoms with van der Waals surface area (Å²) >= 11 is 0. The van der Waals surface area contributed by atoms with Crippen LogP contribution in [0.4, 0.5) is 4.79 Å². The van der Waals surface area contributed by atoms with E-state index in [9.17, 15) is 4.79 Å². The predicted octanol–water partition coefficient (Wildman–Crippen LogP) is 0.720. The summed E-state index contributed by atoms with van der Waals surface area (Å²) in [5, 5.41) is 2.80. The van der Waals surface area contributed by atoms with Crippen LogP contribution in [0.5, 0.6) is 0 Å². The number of carbonyl (C=O) groups excluding carboxylic acids is 1. The van der Waals surface area contributed by atoms with E-state index in [0.717, 1.165) is 12.8 Å². The highest BCUT2D eigenvalue weighted by Gasteiger charge is 2.39. The lowest BCUT2D eigenvalue weighted by Crippen LogP contribution is -2.55. The van der Waals surface area contributed by atoms with Gasteiger partial charge in [-0.1, -0.05) is 0 Å². The fraction of sp³-hybridized carbons (Fsp3) is 0.714. The summed E-state index contributed by atoms with van der Waals surface area (Å²) in [7, 11) is 0. The van der Waals surface area contributed by atoms with E-state index < -0.39 is 11.3 Å². The molecule has 0 bridgehead atoms. The van der Waals surface area contributed by atoms with Crippen LogP contribution in [0.2, 0.25) is 0 Å². The molecule has 1 fully saturated rings. The number of piperidine rings is 1. The van der Waals surface area contributed by atoms with Crippen molar-refractivity contribution in [2.75, 3.05) is 13.1 Å². The van der Waals surface area contributed by atoms with Crippen molar-refractivity contribution >= 4 is 12.1 Å². The highest BCUT2D eigenvalue weighted by Crippen LogP contribution is 2.29. The molecule has 2 aliphatic rings. The van der Waals surface area contributed by atoms with Gasteiger partial charge in [0, 0.05) is 25.2 Å². The quantitative estimate of drug-likeness (QED) is 0.661. The van der Waals surface area contributed by atoms with Gasteiger partial charge in [-0.2, -0.15) is 0 Å². The van der Waals surface area contributed by atoms with Gasteiger partial charge in [0.15, 0.2) is 5.96 Å². The lowest BCUT2D eigenvalue weighted by Gasteiger charge is -2.40. The molecule has 2 atom stereocenters. The Balaban J connectivity index is 2.06. The minimum Gasteiger partial charge on any atom is -0.444 e. The molecular formula is C14H25N5O2. The molecule has 1 saturated heterocycles. The first-order valence-corrected chi connectivity index (χ1v) is 7.26. The third-order valence-electron chi connectivity index (χ3n) is 3.62. The molecule has 118 valence electrons. The number of rotatable bonds is 1. The second-order valence-corrected chi connectivity index (χ2v) is 6.63. The summed E-state index contributed by atoms with van der Waals surface area (Å²) in [5.41, 5.74) is 10.7. The molecule has 1 amide bonds. The van der Waals surface area contributed by atoms with E-state index in [1.807, 2.05) is 20.8 Å². The van der Waals surface area contributed by atoms with Gasteiger partial charge in [-0.15, -0.1) is 0 Å². The normalized spacial score (nSPS) is 29.6. The van der Waals surface area contributed by atoms with E-state index in [1.165, 1.54) is 0 Å². The minimum atomic E-state index is -0.865. The van der Waals surface area contributed by atoms with Crippen LogP contribution in [0.15, 0.2) is 17.3 Å². The SMILES string of the molecule is CC(C)(C)OC(=O)N1CCCC(C2(N)C=CNC(N)=N2)C1. The first kappa shape index (κ1) is 15.6. The van der Waals surface area contributed by atoms with E-state index in [1.54, 1.807) is 17.2 Å². The molecule has 2 unspecified atom stereocenters. The highest BCUT2D eigenvalue weighted by atomic mass is 16.6. The maximum Gasteiger partial charge on any atom is 0.410 e. The number of amides is 1. The average molecular weight is 295 g/mol. The monoisotopic (exact) mass is 295 g/mol. The van der Waals surface area contributed by atoms with Crippen LogP contribution in [0, 0.1) is 5.92 Å². The van der Waals surface area contributed by atoms with Crippen LogP contribution in [0.3, 0.4) is 0 Å². The zero-order valence-corrected chi connectivity index (χ0v) is 12.9. The van der Waals surface area contributed by atoms with Gasteiger partial charge in [0.2, 0.25) is 0 Å².